The molecule has 2 aromatic heterocycles. The first-order valence-electron chi connectivity index (χ1n) is 5.73. The number of fused-ring (bicyclic) bond motifs is 1. The lowest BCUT2D eigenvalue weighted by Crippen LogP contribution is -1.96. The Hall–Kier alpha value is -2.54. The average Bonchev–Trinajstić information content (AvgIpc) is 3.01. The molecular weight excluding hydrogens is 224 g/mol. The molecular formula is C14H12N4. The molecule has 3 rings (SSSR count). The summed E-state index contributed by atoms with van der Waals surface area (Å²) in [6.45, 7) is 0. The van der Waals surface area contributed by atoms with Crippen LogP contribution in [0.5, 0.6) is 0 Å². The van der Waals surface area contributed by atoms with Crippen LogP contribution in [0.15, 0.2) is 43.0 Å². The Balaban J connectivity index is 2.11. The first kappa shape index (κ1) is 10.6. The van der Waals surface area contributed by atoms with Gasteiger partial charge in [-0.3, -0.25) is 0 Å². The van der Waals surface area contributed by atoms with Gasteiger partial charge in [0.1, 0.15) is 0 Å². The van der Waals surface area contributed by atoms with Crippen molar-refractivity contribution in [1.29, 1.82) is 5.26 Å². The van der Waals surface area contributed by atoms with Gasteiger partial charge in [0.05, 0.1) is 29.3 Å². The SMILES string of the molecule is Cn1cnc2cc(C(C#N)c3cc[nH]c3)ccc21. The molecule has 2 heterocycles. The quantitative estimate of drug-likeness (QED) is 0.743. The van der Waals surface area contributed by atoms with Crippen LogP contribution in [0.1, 0.15) is 17.0 Å². The summed E-state index contributed by atoms with van der Waals surface area (Å²) in [7, 11) is 1.96. The number of aryl methyl sites for hydroxylation is 1. The third-order valence-electron chi connectivity index (χ3n) is 3.17. The van der Waals surface area contributed by atoms with Crippen molar-refractivity contribution in [2.24, 2.45) is 7.05 Å². The highest BCUT2D eigenvalue weighted by Crippen LogP contribution is 2.26. The summed E-state index contributed by atoms with van der Waals surface area (Å²) in [5, 5.41) is 9.34. The largest absolute Gasteiger partial charge is 0.367 e. The fraction of sp³-hybridized carbons (Fsp3) is 0.143. The van der Waals surface area contributed by atoms with Crippen molar-refractivity contribution in [1.82, 2.24) is 14.5 Å². The van der Waals surface area contributed by atoms with E-state index in [2.05, 4.69) is 16.0 Å². The van der Waals surface area contributed by atoms with E-state index in [4.69, 9.17) is 0 Å². The van der Waals surface area contributed by atoms with Crippen molar-refractivity contribution in [2.75, 3.05) is 0 Å². The molecule has 0 radical (unpaired) electrons. The molecule has 1 aromatic carbocycles. The predicted molar refractivity (Wildman–Crippen MR) is 69.0 cm³/mol. The van der Waals surface area contributed by atoms with Crippen molar-refractivity contribution < 1.29 is 0 Å². The Bertz CT molecular complexity index is 716. The van der Waals surface area contributed by atoms with Crippen LogP contribution in [0.4, 0.5) is 0 Å². The molecule has 1 unspecified atom stereocenters. The Morgan fingerprint density at radius 3 is 2.94 bits per heavy atom. The van der Waals surface area contributed by atoms with Gasteiger partial charge in [-0.15, -0.1) is 0 Å². The van der Waals surface area contributed by atoms with Crippen molar-refractivity contribution in [2.45, 2.75) is 5.92 Å². The maximum absolute atomic E-state index is 9.34. The summed E-state index contributed by atoms with van der Waals surface area (Å²) < 4.78 is 1.97. The maximum atomic E-state index is 9.34. The predicted octanol–water partition coefficient (Wildman–Crippen LogP) is 2.56. The van der Waals surface area contributed by atoms with E-state index in [1.165, 1.54) is 0 Å². The van der Waals surface area contributed by atoms with E-state index < -0.39 is 0 Å². The summed E-state index contributed by atoms with van der Waals surface area (Å²) in [6.07, 6.45) is 5.47. The molecule has 0 amide bonds. The van der Waals surface area contributed by atoms with E-state index in [0.29, 0.717) is 0 Å². The van der Waals surface area contributed by atoms with Gasteiger partial charge in [-0.2, -0.15) is 5.26 Å². The molecule has 0 fully saturated rings. The van der Waals surface area contributed by atoms with Gasteiger partial charge in [0, 0.05) is 19.4 Å². The van der Waals surface area contributed by atoms with E-state index >= 15 is 0 Å². The highest BCUT2D eigenvalue weighted by atomic mass is 15.0. The van der Waals surface area contributed by atoms with Gasteiger partial charge in [-0.05, 0) is 29.3 Å². The third-order valence-corrected chi connectivity index (χ3v) is 3.17. The lowest BCUT2D eigenvalue weighted by molar-refractivity contribution is 0.947. The second-order valence-electron chi connectivity index (χ2n) is 4.31. The summed E-state index contributed by atoms with van der Waals surface area (Å²) in [5.74, 6) is -0.248. The number of H-pyrrole nitrogens is 1. The van der Waals surface area contributed by atoms with E-state index in [0.717, 1.165) is 22.2 Å². The van der Waals surface area contributed by atoms with Crippen molar-refractivity contribution in [3.8, 4) is 6.07 Å². The molecule has 18 heavy (non-hydrogen) atoms. The van der Waals surface area contributed by atoms with Crippen molar-refractivity contribution in [3.05, 3.63) is 54.1 Å². The molecule has 4 heteroatoms. The average molecular weight is 236 g/mol. The third kappa shape index (κ3) is 1.57. The topological polar surface area (TPSA) is 57.4 Å². The van der Waals surface area contributed by atoms with Gasteiger partial charge in [0.15, 0.2) is 0 Å². The Labute approximate surface area is 105 Å². The number of aromatic amines is 1. The number of hydrogen-bond acceptors (Lipinski definition) is 2. The van der Waals surface area contributed by atoms with Crippen molar-refractivity contribution >= 4 is 11.0 Å². The van der Waals surface area contributed by atoms with E-state index in [-0.39, 0.29) is 5.92 Å². The fourth-order valence-corrected chi connectivity index (χ4v) is 2.19. The molecule has 3 aromatic rings. The minimum absolute atomic E-state index is 0.248. The number of hydrogen-bond donors (Lipinski definition) is 1. The van der Waals surface area contributed by atoms with Gasteiger partial charge in [-0.1, -0.05) is 6.07 Å². The number of benzene rings is 1. The van der Waals surface area contributed by atoms with Gasteiger partial charge < -0.3 is 9.55 Å². The lowest BCUT2D eigenvalue weighted by Gasteiger charge is -2.07. The van der Waals surface area contributed by atoms with Crippen LogP contribution in [-0.4, -0.2) is 14.5 Å². The number of aromatic nitrogens is 3. The highest BCUT2D eigenvalue weighted by molar-refractivity contribution is 5.76. The summed E-state index contributed by atoms with van der Waals surface area (Å²) >= 11 is 0. The van der Waals surface area contributed by atoms with Gasteiger partial charge in [-0.25, -0.2) is 4.98 Å². The van der Waals surface area contributed by atoms with Crippen LogP contribution in [-0.2, 0) is 7.05 Å². The Morgan fingerprint density at radius 1 is 1.33 bits per heavy atom. The zero-order valence-corrected chi connectivity index (χ0v) is 9.96. The zero-order chi connectivity index (χ0) is 12.5. The number of imidazole rings is 1. The van der Waals surface area contributed by atoms with Gasteiger partial charge >= 0.3 is 0 Å². The summed E-state index contributed by atoms with van der Waals surface area (Å²) in [4.78, 5) is 7.31. The Kier molecular flexibility index (Phi) is 2.38. The fourth-order valence-electron chi connectivity index (χ4n) is 2.19. The monoisotopic (exact) mass is 236 g/mol. The number of nitrogens with one attached hydrogen (secondary N) is 1. The molecule has 1 N–H and O–H groups in total. The summed E-state index contributed by atoms with van der Waals surface area (Å²) in [6, 6.07) is 10.2. The number of nitrogens with zero attached hydrogens (tertiary/aromatic N) is 3. The first-order valence-corrected chi connectivity index (χ1v) is 5.73. The van der Waals surface area contributed by atoms with Gasteiger partial charge in [0.25, 0.3) is 0 Å². The molecule has 0 aliphatic carbocycles. The highest BCUT2D eigenvalue weighted by Gasteiger charge is 2.14. The number of rotatable bonds is 2. The molecule has 0 saturated carbocycles. The van der Waals surface area contributed by atoms with Crippen LogP contribution in [0.25, 0.3) is 11.0 Å². The first-order chi connectivity index (χ1) is 8.79. The van der Waals surface area contributed by atoms with Crippen molar-refractivity contribution in [3.63, 3.8) is 0 Å². The molecule has 4 nitrogen and oxygen atoms in total. The normalized spacial score (nSPS) is 12.4. The van der Waals surface area contributed by atoms with E-state index in [1.807, 2.05) is 48.3 Å². The van der Waals surface area contributed by atoms with E-state index in [1.54, 1.807) is 6.33 Å². The van der Waals surface area contributed by atoms with Crippen LogP contribution in [0, 0.1) is 11.3 Å². The van der Waals surface area contributed by atoms with Crippen LogP contribution in [0.3, 0.4) is 0 Å². The molecule has 0 saturated heterocycles. The molecule has 1 atom stereocenters. The molecule has 88 valence electrons. The summed E-state index contributed by atoms with van der Waals surface area (Å²) in [5.41, 5.74) is 3.95. The maximum Gasteiger partial charge on any atom is 0.0978 e. The van der Waals surface area contributed by atoms with Gasteiger partial charge in [0.2, 0.25) is 0 Å². The van der Waals surface area contributed by atoms with Crippen LogP contribution in [0.2, 0.25) is 0 Å². The molecule has 0 bridgehead atoms. The van der Waals surface area contributed by atoms with E-state index in [9.17, 15) is 5.26 Å². The number of nitriles is 1. The molecule has 0 aliphatic rings. The van der Waals surface area contributed by atoms with Crippen LogP contribution < -0.4 is 0 Å². The zero-order valence-electron chi connectivity index (χ0n) is 9.96. The molecule has 0 spiro atoms. The minimum Gasteiger partial charge on any atom is -0.367 e. The minimum atomic E-state index is -0.248. The molecule has 0 aliphatic heterocycles. The second-order valence-corrected chi connectivity index (χ2v) is 4.31. The Morgan fingerprint density at radius 2 is 2.22 bits per heavy atom. The standard InChI is InChI=1S/C14H12N4/c1-18-9-17-13-6-10(2-3-14(13)18)12(7-15)11-4-5-16-8-11/h2-6,8-9,12,16H,1H3. The second kappa shape index (κ2) is 4.04. The lowest BCUT2D eigenvalue weighted by atomic mass is 9.94. The smallest absolute Gasteiger partial charge is 0.0978 e. The van der Waals surface area contributed by atoms with Crippen LogP contribution >= 0.6 is 0 Å².